The highest BCUT2D eigenvalue weighted by Gasteiger charge is 2.22. The Morgan fingerprint density at radius 1 is 1.30 bits per heavy atom. The van der Waals surface area contributed by atoms with E-state index in [-0.39, 0.29) is 45.6 Å². The van der Waals surface area contributed by atoms with Crippen molar-refractivity contribution in [2.24, 2.45) is 7.05 Å². The van der Waals surface area contributed by atoms with Gasteiger partial charge in [0.2, 0.25) is 0 Å². The van der Waals surface area contributed by atoms with Crippen LogP contribution in [0.25, 0.3) is 16.6 Å². The molecule has 0 saturated heterocycles. The molecule has 0 atom stereocenters. The van der Waals surface area contributed by atoms with Crippen LogP contribution in [0.15, 0.2) is 41.5 Å². The molecule has 3 heterocycles. The normalized spacial score (nSPS) is 11.3. The number of nitrogens with zero attached hydrogens (tertiary/aromatic N) is 7. The number of Topliss-reactive ketones (excluding diaryl/α,β-unsaturated/α-hetero) is 1. The molecule has 0 aliphatic carbocycles. The molecular weight excluding hydrogens is 448 g/mol. The first kappa shape index (κ1) is 22.1. The number of nitrogens with one attached hydrogen (secondary N) is 1. The monoisotopic (exact) mass is 466 g/mol. The van der Waals surface area contributed by atoms with Crippen LogP contribution >= 0.6 is 12.2 Å². The van der Waals surface area contributed by atoms with Crippen LogP contribution in [0.5, 0.6) is 0 Å². The molecule has 168 valence electrons. The van der Waals surface area contributed by atoms with Gasteiger partial charge in [-0.15, -0.1) is 5.10 Å². The van der Waals surface area contributed by atoms with Crippen molar-refractivity contribution in [3.63, 3.8) is 0 Å². The molecule has 0 aliphatic rings. The van der Waals surface area contributed by atoms with E-state index >= 15 is 0 Å². The average Bonchev–Trinajstić information content (AvgIpc) is 3.22. The number of thiocarbonyl (C=S) groups is 1. The summed E-state index contributed by atoms with van der Waals surface area (Å²) in [6, 6.07) is 6.19. The maximum atomic E-state index is 13.1. The number of carbonyl (C=O) groups excluding carboxylic acids is 1. The SMILES string of the molecule is CN(C)CC(=O)c1cccc2c(=O)n(C)c3c(C(=S)Nc4cncc([N+](=O)[O-])c4)nnn3c12. The first-order valence-corrected chi connectivity index (χ1v) is 10.1. The summed E-state index contributed by atoms with van der Waals surface area (Å²) >= 11 is 5.45. The summed E-state index contributed by atoms with van der Waals surface area (Å²) in [5, 5.41) is 22.5. The van der Waals surface area contributed by atoms with Crippen LogP contribution in [0, 0.1) is 10.1 Å². The predicted octanol–water partition coefficient (Wildman–Crippen LogP) is 1.42. The van der Waals surface area contributed by atoms with Gasteiger partial charge in [-0.25, -0.2) is 0 Å². The summed E-state index contributed by atoms with van der Waals surface area (Å²) in [4.78, 5) is 42.1. The van der Waals surface area contributed by atoms with Crippen LogP contribution < -0.4 is 10.9 Å². The zero-order chi connectivity index (χ0) is 23.9. The molecule has 33 heavy (non-hydrogen) atoms. The number of pyridine rings is 1. The number of hydrogen-bond donors (Lipinski definition) is 1. The van der Waals surface area contributed by atoms with Crippen molar-refractivity contribution in [2.45, 2.75) is 0 Å². The van der Waals surface area contributed by atoms with Crippen LogP contribution in [0.2, 0.25) is 0 Å². The fourth-order valence-corrected chi connectivity index (χ4v) is 3.73. The van der Waals surface area contributed by atoms with Crippen molar-refractivity contribution in [1.82, 2.24) is 29.3 Å². The minimum Gasteiger partial charge on any atom is -0.343 e. The molecule has 0 aliphatic heterocycles. The topological polar surface area (TPSA) is 141 Å². The van der Waals surface area contributed by atoms with Crippen molar-refractivity contribution in [1.29, 1.82) is 0 Å². The number of ketones is 1. The third-order valence-corrected chi connectivity index (χ3v) is 5.21. The van der Waals surface area contributed by atoms with Gasteiger partial charge in [0.05, 0.1) is 34.3 Å². The maximum absolute atomic E-state index is 13.1. The molecule has 0 unspecified atom stereocenters. The summed E-state index contributed by atoms with van der Waals surface area (Å²) in [6.07, 6.45) is 2.49. The number of para-hydroxylation sites is 1. The summed E-state index contributed by atoms with van der Waals surface area (Å²) in [5.41, 5.74) is 0.839. The number of fused-ring (bicyclic) bond motifs is 3. The van der Waals surface area contributed by atoms with E-state index in [9.17, 15) is 19.7 Å². The van der Waals surface area contributed by atoms with E-state index in [1.54, 1.807) is 44.2 Å². The van der Waals surface area contributed by atoms with Gasteiger partial charge in [0.15, 0.2) is 17.1 Å². The molecule has 0 radical (unpaired) electrons. The molecular formula is C20H18N8O4S. The van der Waals surface area contributed by atoms with Gasteiger partial charge in [-0.1, -0.05) is 23.5 Å². The van der Waals surface area contributed by atoms with Gasteiger partial charge in [-0.2, -0.15) is 4.52 Å². The molecule has 12 nitrogen and oxygen atoms in total. The summed E-state index contributed by atoms with van der Waals surface area (Å²) in [7, 11) is 5.10. The highest BCUT2D eigenvalue weighted by atomic mass is 32.1. The summed E-state index contributed by atoms with van der Waals surface area (Å²) in [5.74, 6) is -0.180. The maximum Gasteiger partial charge on any atom is 0.289 e. The van der Waals surface area contributed by atoms with E-state index in [1.165, 1.54) is 21.3 Å². The largest absolute Gasteiger partial charge is 0.343 e. The van der Waals surface area contributed by atoms with Crippen LogP contribution in [-0.4, -0.2) is 65.6 Å². The van der Waals surface area contributed by atoms with Gasteiger partial charge < -0.3 is 10.2 Å². The first-order chi connectivity index (χ1) is 15.7. The molecule has 0 saturated carbocycles. The highest BCUT2D eigenvalue weighted by Crippen LogP contribution is 2.21. The van der Waals surface area contributed by atoms with E-state index in [0.29, 0.717) is 16.5 Å². The van der Waals surface area contributed by atoms with Crippen LogP contribution in [0.4, 0.5) is 11.4 Å². The number of aromatic nitrogens is 5. The highest BCUT2D eigenvalue weighted by molar-refractivity contribution is 7.81. The predicted molar refractivity (Wildman–Crippen MR) is 125 cm³/mol. The molecule has 0 bridgehead atoms. The Hall–Kier alpha value is -4.10. The van der Waals surface area contributed by atoms with Gasteiger partial charge in [0, 0.05) is 18.7 Å². The van der Waals surface area contributed by atoms with Crippen molar-refractivity contribution in [3.05, 3.63) is 68.4 Å². The number of likely N-dealkylation sites (N-methyl/N-ethyl adjacent to an activating group) is 1. The lowest BCUT2D eigenvalue weighted by molar-refractivity contribution is -0.385. The van der Waals surface area contributed by atoms with Gasteiger partial charge in [0.1, 0.15) is 11.2 Å². The lowest BCUT2D eigenvalue weighted by Gasteiger charge is -2.13. The Bertz CT molecular complexity index is 1510. The van der Waals surface area contributed by atoms with Crippen LogP contribution in [-0.2, 0) is 7.05 Å². The van der Waals surface area contributed by atoms with Crippen LogP contribution in [0.1, 0.15) is 16.1 Å². The Morgan fingerprint density at radius 2 is 2.06 bits per heavy atom. The van der Waals surface area contributed by atoms with Crippen molar-refractivity contribution in [2.75, 3.05) is 26.0 Å². The number of hydrogen-bond acceptors (Lipinski definition) is 9. The zero-order valence-corrected chi connectivity index (χ0v) is 18.7. The number of nitro groups is 1. The minimum absolute atomic E-state index is 0.0822. The fraction of sp³-hybridized carbons (Fsp3) is 0.200. The minimum atomic E-state index is -0.573. The number of anilines is 1. The fourth-order valence-electron chi connectivity index (χ4n) is 3.48. The number of carbonyl (C=O) groups is 1. The zero-order valence-electron chi connectivity index (χ0n) is 17.8. The van der Waals surface area contributed by atoms with Gasteiger partial charge >= 0.3 is 0 Å². The number of benzene rings is 1. The Balaban J connectivity index is 1.87. The molecule has 13 heteroatoms. The second-order valence-corrected chi connectivity index (χ2v) is 7.95. The van der Waals surface area contributed by atoms with E-state index < -0.39 is 4.92 Å². The van der Waals surface area contributed by atoms with E-state index in [2.05, 4.69) is 20.6 Å². The Morgan fingerprint density at radius 3 is 2.76 bits per heavy atom. The van der Waals surface area contributed by atoms with Gasteiger partial charge in [-0.05, 0) is 26.2 Å². The van der Waals surface area contributed by atoms with Gasteiger partial charge in [0.25, 0.3) is 11.2 Å². The third-order valence-electron chi connectivity index (χ3n) is 4.91. The molecule has 4 rings (SSSR count). The smallest absolute Gasteiger partial charge is 0.289 e. The second kappa shape index (κ2) is 8.44. The molecule has 4 aromatic rings. The quantitative estimate of drug-likeness (QED) is 0.192. The van der Waals surface area contributed by atoms with E-state index in [1.807, 2.05) is 0 Å². The van der Waals surface area contributed by atoms with E-state index in [0.717, 1.165) is 6.20 Å². The molecule has 0 amide bonds. The van der Waals surface area contributed by atoms with Crippen molar-refractivity contribution < 1.29 is 9.72 Å². The molecule has 1 N–H and O–H groups in total. The number of aryl methyl sites for hydroxylation is 1. The average molecular weight is 466 g/mol. The summed E-state index contributed by atoms with van der Waals surface area (Å²) in [6.45, 7) is 0.150. The third kappa shape index (κ3) is 3.94. The molecule has 3 aromatic heterocycles. The Labute approximate surface area is 191 Å². The number of rotatable bonds is 6. The van der Waals surface area contributed by atoms with Crippen molar-refractivity contribution >= 4 is 50.9 Å². The molecule has 0 spiro atoms. The van der Waals surface area contributed by atoms with Gasteiger partial charge in [-0.3, -0.25) is 29.3 Å². The first-order valence-electron chi connectivity index (χ1n) is 9.65. The summed E-state index contributed by atoms with van der Waals surface area (Å²) < 4.78 is 2.76. The lowest BCUT2D eigenvalue weighted by Crippen LogP contribution is -2.25. The second-order valence-electron chi connectivity index (χ2n) is 7.54. The Kier molecular flexibility index (Phi) is 5.66. The van der Waals surface area contributed by atoms with E-state index in [4.69, 9.17) is 12.2 Å². The standard InChI is InChI=1S/C20H18N8O4S/c1-25(2)10-15(29)13-5-4-6-14-17(13)27-19(26(3)20(14)30)16(23-24-27)18(33)22-11-7-12(28(31)32)9-21-8-11/h4-9H,10H2,1-3H3,(H,22,33). The molecule has 1 aromatic carbocycles. The lowest BCUT2D eigenvalue weighted by atomic mass is 10.1. The molecule has 0 fully saturated rings. The van der Waals surface area contributed by atoms with Crippen LogP contribution in [0.3, 0.4) is 0 Å². The van der Waals surface area contributed by atoms with Crippen molar-refractivity contribution in [3.8, 4) is 0 Å².